The molecule has 1 unspecified atom stereocenters. The monoisotopic (exact) mass is 275 g/mol. The molecular formula is C12H12F3NOS. The predicted molar refractivity (Wildman–Crippen MR) is 64.3 cm³/mol. The van der Waals surface area contributed by atoms with Crippen molar-refractivity contribution < 1.29 is 18.0 Å². The molecule has 1 aromatic rings. The SMILES string of the molecule is O=C1CC(S)CN1Cc1ccccc1C(F)(F)F. The lowest BCUT2D eigenvalue weighted by atomic mass is 10.1. The second-order valence-electron chi connectivity index (χ2n) is 4.29. The molecule has 0 aromatic heterocycles. The van der Waals surface area contributed by atoms with Gasteiger partial charge in [0.15, 0.2) is 0 Å². The fourth-order valence-electron chi connectivity index (χ4n) is 2.04. The fraction of sp³-hybridized carbons (Fsp3) is 0.417. The lowest BCUT2D eigenvalue weighted by molar-refractivity contribution is -0.139. The van der Waals surface area contributed by atoms with Crippen molar-refractivity contribution in [1.29, 1.82) is 0 Å². The van der Waals surface area contributed by atoms with Gasteiger partial charge in [0.1, 0.15) is 0 Å². The molecule has 0 spiro atoms. The maximum Gasteiger partial charge on any atom is 0.416 e. The van der Waals surface area contributed by atoms with Crippen molar-refractivity contribution in [3.63, 3.8) is 0 Å². The number of hydrogen-bond acceptors (Lipinski definition) is 2. The third-order valence-electron chi connectivity index (χ3n) is 2.88. The molecule has 1 aromatic carbocycles. The van der Waals surface area contributed by atoms with E-state index in [9.17, 15) is 18.0 Å². The van der Waals surface area contributed by atoms with Gasteiger partial charge in [0, 0.05) is 24.8 Å². The normalized spacial score (nSPS) is 20.6. The second kappa shape index (κ2) is 4.84. The van der Waals surface area contributed by atoms with Crippen LogP contribution in [0.2, 0.25) is 0 Å². The van der Waals surface area contributed by atoms with Gasteiger partial charge in [0.2, 0.25) is 5.91 Å². The Morgan fingerprint density at radius 2 is 2.00 bits per heavy atom. The molecule has 0 aliphatic carbocycles. The van der Waals surface area contributed by atoms with Crippen LogP contribution in [-0.2, 0) is 17.5 Å². The Balaban J connectivity index is 2.22. The van der Waals surface area contributed by atoms with E-state index < -0.39 is 11.7 Å². The Kier molecular flexibility index (Phi) is 3.56. The first-order chi connectivity index (χ1) is 8.38. The molecule has 0 N–H and O–H groups in total. The molecule has 1 aliphatic rings. The van der Waals surface area contributed by atoms with Crippen LogP contribution in [0.5, 0.6) is 0 Å². The average Bonchev–Trinajstić information content (AvgIpc) is 2.57. The smallest absolute Gasteiger partial charge is 0.337 e. The molecule has 1 heterocycles. The minimum Gasteiger partial charge on any atom is -0.337 e. The van der Waals surface area contributed by atoms with Crippen molar-refractivity contribution in [2.75, 3.05) is 6.54 Å². The van der Waals surface area contributed by atoms with Crippen molar-refractivity contribution in [3.8, 4) is 0 Å². The number of hydrogen-bond donors (Lipinski definition) is 1. The zero-order chi connectivity index (χ0) is 13.3. The number of nitrogens with zero attached hydrogens (tertiary/aromatic N) is 1. The van der Waals surface area contributed by atoms with Crippen LogP contribution in [-0.4, -0.2) is 22.6 Å². The van der Waals surface area contributed by atoms with Crippen LogP contribution >= 0.6 is 12.6 Å². The maximum absolute atomic E-state index is 12.8. The van der Waals surface area contributed by atoms with Crippen molar-refractivity contribution in [1.82, 2.24) is 4.90 Å². The predicted octanol–water partition coefficient (Wildman–Crippen LogP) is 2.74. The number of rotatable bonds is 2. The van der Waals surface area contributed by atoms with E-state index >= 15 is 0 Å². The Morgan fingerprint density at radius 1 is 1.33 bits per heavy atom. The summed E-state index contributed by atoms with van der Waals surface area (Å²) in [7, 11) is 0. The first kappa shape index (κ1) is 13.3. The van der Waals surface area contributed by atoms with Crippen molar-refractivity contribution in [2.24, 2.45) is 0 Å². The van der Waals surface area contributed by atoms with Crippen LogP contribution < -0.4 is 0 Å². The largest absolute Gasteiger partial charge is 0.416 e. The number of carbonyl (C=O) groups is 1. The molecule has 0 saturated carbocycles. The number of amides is 1. The van der Waals surface area contributed by atoms with Gasteiger partial charge in [-0.15, -0.1) is 0 Å². The van der Waals surface area contributed by atoms with Crippen LogP contribution in [0.15, 0.2) is 24.3 Å². The van der Waals surface area contributed by atoms with E-state index in [4.69, 9.17) is 0 Å². The van der Waals surface area contributed by atoms with E-state index in [1.165, 1.54) is 17.0 Å². The molecule has 1 atom stereocenters. The first-order valence-electron chi connectivity index (χ1n) is 5.49. The molecule has 1 saturated heterocycles. The molecular weight excluding hydrogens is 263 g/mol. The summed E-state index contributed by atoms with van der Waals surface area (Å²) < 4.78 is 38.3. The lowest BCUT2D eigenvalue weighted by Gasteiger charge is -2.19. The molecule has 1 aliphatic heterocycles. The van der Waals surface area contributed by atoms with Crippen LogP contribution in [0.4, 0.5) is 13.2 Å². The number of benzene rings is 1. The molecule has 1 fully saturated rings. The molecule has 18 heavy (non-hydrogen) atoms. The van der Waals surface area contributed by atoms with E-state index in [0.29, 0.717) is 6.54 Å². The van der Waals surface area contributed by atoms with Crippen LogP contribution in [0.25, 0.3) is 0 Å². The van der Waals surface area contributed by atoms with Crippen LogP contribution in [0, 0.1) is 0 Å². The van der Waals surface area contributed by atoms with E-state index in [0.717, 1.165) is 6.07 Å². The standard InChI is InChI=1S/C12H12F3NOS/c13-12(14,15)10-4-2-1-3-8(10)6-16-7-9(18)5-11(16)17/h1-4,9,18H,5-7H2. The zero-order valence-electron chi connectivity index (χ0n) is 9.44. The molecule has 0 bridgehead atoms. The summed E-state index contributed by atoms with van der Waals surface area (Å²) in [6.45, 7) is 0.389. The molecule has 98 valence electrons. The number of alkyl halides is 3. The van der Waals surface area contributed by atoms with Gasteiger partial charge in [-0.2, -0.15) is 25.8 Å². The third kappa shape index (κ3) is 2.80. The number of likely N-dealkylation sites (tertiary alicyclic amines) is 1. The van der Waals surface area contributed by atoms with Gasteiger partial charge in [-0.25, -0.2) is 0 Å². The highest BCUT2D eigenvalue weighted by atomic mass is 32.1. The summed E-state index contributed by atoms with van der Waals surface area (Å²) >= 11 is 4.18. The number of thiol groups is 1. The molecule has 2 rings (SSSR count). The molecule has 2 nitrogen and oxygen atoms in total. The third-order valence-corrected chi connectivity index (χ3v) is 3.22. The van der Waals surface area contributed by atoms with E-state index in [2.05, 4.69) is 12.6 Å². The van der Waals surface area contributed by atoms with Crippen molar-refractivity contribution in [3.05, 3.63) is 35.4 Å². The summed E-state index contributed by atoms with van der Waals surface area (Å²) in [5.41, 5.74) is -0.554. The Labute approximate surface area is 108 Å². The lowest BCUT2D eigenvalue weighted by Crippen LogP contribution is -2.26. The highest BCUT2D eigenvalue weighted by molar-refractivity contribution is 7.81. The molecule has 6 heteroatoms. The van der Waals surface area contributed by atoms with E-state index in [1.807, 2.05) is 0 Å². The highest BCUT2D eigenvalue weighted by Crippen LogP contribution is 2.33. The van der Waals surface area contributed by atoms with Gasteiger partial charge < -0.3 is 4.90 Å². The Bertz CT molecular complexity index is 461. The van der Waals surface area contributed by atoms with Crippen molar-refractivity contribution >= 4 is 18.5 Å². The fourth-order valence-corrected chi connectivity index (χ4v) is 2.40. The zero-order valence-corrected chi connectivity index (χ0v) is 10.3. The average molecular weight is 275 g/mol. The summed E-state index contributed by atoms with van der Waals surface area (Å²) in [5, 5.41) is -0.0875. The van der Waals surface area contributed by atoms with Gasteiger partial charge in [-0.1, -0.05) is 18.2 Å². The minimum atomic E-state index is -4.39. The van der Waals surface area contributed by atoms with E-state index in [-0.39, 0.29) is 29.7 Å². The minimum absolute atomic E-state index is 0.00836. The summed E-state index contributed by atoms with van der Waals surface area (Å²) in [5.74, 6) is -0.146. The maximum atomic E-state index is 12.8. The molecule has 0 radical (unpaired) electrons. The summed E-state index contributed by atoms with van der Waals surface area (Å²) in [6.07, 6.45) is -4.10. The van der Waals surface area contributed by atoms with Gasteiger partial charge in [0.25, 0.3) is 0 Å². The van der Waals surface area contributed by atoms with Crippen LogP contribution in [0.1, 0.15) is 17.5 Å². The van der Waals surface area contributed by atoms with Gasteiger partial charge in [-0.05, 0) is 11.6 Å². The Hall–Kier alpha value is -1.17. The summed E-state index contributed by atoms with van der Waals surface area (Å²) in [6, 6.07) is 5.33. The Morgan fingerprint density at radius 3 is 2.56 bits per heavy atom. The van der Waals surface area contributed by atoms with E-state index in [1.54, 1.807) is 6.07 Å². The van der Waals surface area contributed by atoms with Crippen molar-refractivity contribution in [2.45, 2.75) is 24.4 Å². The van der Waals surface area contributed by atoms with Gasteiger partial charge in [-0.3, -0.25) is 4.79 Å². The quantitative estimate of drug-likeness (QED) is 0.823. The van der Waals surface area contributed by atoms with Gasteiger partial charge in [0.05, 0.1) is 5.56 Å². The second-order valence-corrected chi connectivity index (χ2v) is 5.02. The highest BCUT2D eigenvalue weighted by Gasteiger charge is 2.34. The van der Waals surface area contributed by atoms with Crippen LogP contribution in [0.3, 0.4) is 0 Å². The number of halogens is 3. The van der Waals surface area contributed by atoms with Gasteiger partial charge >= 0.3 is 6.18 Å². The topological polar surface area (TPSA) is 20.3 Å². The first-order valence-corrected chi connectivity index (χ1v) is 6.00. The summed E-state index contributed by atoms with van der Waals surface area (Å²) in [4.78, 5) is 13.0. The number of carbonyl (C=O) groups excluding carboxylic acids is 1. The molecule has 1 amide bonds.